The first-order valence-corrected chi connectivity index (χ1v) is 4.80. The predicted molar refractivity (Wildman–Crippen MR) is 53.5 cm³/mol. The minimum absolute atomic E-state index is 0.142. The summed E-state index contributed by atoms with van der Waals surface area (Å²) in [6.07, 6.45) is -4.47. The lowest BCUT2D eigenvalue weighted by atomic mass is 10.2. The van der Waals surface area contributed by atoms with Crippen molar-refractivity contribution >= 4 is 12.0 Å². The number of carbonyl (C=O) groups is 2. The van der Waals surface area contributed by atoms with Crippen LogP contribution in [0.3, 0.4) is 0 Å². The second-order valence-electron chi connectivity index (χ2n) is 3.87. The number of carboxylic acids is 1. The number of urea groups is 1. The number of hydrogen-bond acceptors (Lipinski definition) is 2. The molecule has 0 aliphatic heterocycles. The molecule has 1 atom stereocenters. The minimum Gasteiger partial charge on any atom is -0.481 e. The lowest BCUT2D eigenvalue weighted by Gasteiger charge is -2.26. The van der Waals surface area contributed by atoms with Crippen LogP contribution in [0.4, 0.5) is 18.0 Å². The monoisotopic (exact) mass is 256 g/mol. The molecular formula is C9H15F3N2O3. The highest BCUT2D eigenvalue weighted by molar-refractivity contribution is 5.75. The average molecular weight is 256 g/mol. The Labute approximate surface area is 96.8 Å². The van der Waals surface area contributed by atoms with E-state index in [9.17, 15) is 22.8 Å². The molecule has 8 heteroatoms. The van der Waals surface area contributed by atoms with Crippen molar-refractivity contribution in [3.05, 3.63) is 0 Å². The van der Waals surface area contributed by atoms with Crippen LogP contribution in [-0.2, 0) is 4.79 Å². The van der Waals surface area contributed by atoms with Crippen LogP contribution in [-0.4, -0.2) is 60.3 Å². The van der Waals surface area contributed by atoms with E-state index in [4.69, 9.17) is 5.11 Å². The molecule has 0 radical (unpaired) electrons. The summed E-state index contributed by atoms with van der Waals surface area (Å²) in [7, 11) is 2.27. The van der Waals surface area contributed by atoms with Gasteiger partial charge in [-0.25, -0.2) is 4.79 Å². The molecule has 0 fully saturated rings. The minimum atomic E-state index is -4.47. The first kappa shape index (κ1) is 15.5. The Balaban J connectivity index is 4.35. The fourth-order valence-corrected chi connectivity index (χ4v) is 1.19. The highest BCUT2D eigenvalue weighted by Gasteiger charge is 2.32. The summed E-state index contributed by atoms with van der Waals surface area (Å²) in [6.45, 7) is -0.135. The molecule has 5 nitrogen and oxygen atoms in total. The third-order valence-electron chi connectivity index (χ3n) is 2.04. The zero-order valence-electron chi connectivity index (χ0n) is 9.78. The number of carboxylic acid groups (broad SMARTS) is 1. The second kappa shape index (κ2) is 5.74. The topological polar surface area (TPSA) is 60.9 Å². The third kappa shape index (κ3) is 5.98. The van der Waals surface area contributed by atoms with E-state index in [-0.39, 0.29) is 6.54 Å². The van der Waals surface area contributed by atoms with Gasteiger partial charge in [-0.15, -0.1) is 0 Å². The Morgan fingerprint density at radius 2 is 1.71 bits per heavy atom. The Hall–Kier alpha value is -1.47. The van der Waals surface area contributed by atoms with Crippen LogP contribution >= 0.6 is 0 Å². The van der Waals surface area contributed by atoms with Crippen LogP contribution in [0.15, 0.2) is 0 Å². The second-order valence-corrected chi connectivity index (χ2v) is 3.87. The average Bonchev–Trinajstić information content (AvgIpc) is 2.13. The number of nitrogens with zero attached hydrogens (tertiary/aromatic N) is 2. The molecule has 1 unspecified atom stereocenters. The van der Waals surface area contributed by atoms with Crippen molar-refractivity contribution in [2.75, 3.05) is 27.2 Å². The van der Waals surface area contributed by atoms with Crippen molar-refractivity contribution in [3.63, 3.8) is 0 Å². The zero-order chi connectivity index (χ0) is 13.8. The normalized spacial score (nSPS) is 13.1. The lowest BCUT2D eigenvalue weighted by molar-refractivity contribution is -0.142. The molecule has 0 aromatic carbocycles. The van der Waals surface area contributed by atoms with E-state index in [0.29, 0.717) is 4.90 Å². The molecule has 0 aliphatic rings. The van der Waals surface area contributed by atoms with Gasteiger partial charge in [-0.2, -0.15) is 13.2 Å². The van der Waals surface area contributed by atoms with E-state index in [1.54, 1.807) is 0 Å². The van der Waals surface area contributed by atoms with Crippen LogP contribution in [0.25, 0.3) is 0 Å². The molecular weight excluding hydrogens is 241 g/mol. The van der Waals surface area contributed by atoms with E-state index in [1.807, 2.05) is 0 Å². The Bertz CT molecular complexity index is 294. The number of rotatable bonds is 4. The van der Waals surface area contributed by atoms with Crippen LogP contribution in [0.2, 0.25) is 0 Å². The summed E-state index contributed by atoms with van der Waals surface area (Å²) >= 11 is 0. The van der Waals surface area contributed by atoms with Crippen molar-refractivity contribution in [2.24, 2.45) is 5.92 Å². The van der Waals surface area contributed by atoms with E-state index in [1.165, 1.54) is 14.0 Å². The highest BCUT2D eigenvalue weighted by atomic mass is 19.4. The highest BCUT2D eigenvalue weighted by Crippen LogP contribution is 2.16. The van der Waals surface area contributed by atoms with Crippen molar-refractivity contribution in [1.82, 2.24) is 9.80 Å². The summed E-state index contributed by atoms with van der Waals surface area (Å²) in [4.78, 5) is 23.4. The Morgan fingerprint density at radius 1 is 1.24 bits per heavy atom. The molecule has 100 valence electrons. The van der Waals surface area contributed by atoms with Gasteiger partial charge in [0.25, 0.3) is 0 Å². The van der Waals surface area contributed by atoms with E-state index in [2.05, 4.69) is 0 Å². The van der Waals surface area contributed by atoms with Crippen LogP contribution < -0.4 is 0 Å². The first-order valence-electron chi connectivity index (χ1n) is 4.80. The van der Waals surface area contributed by atoms with E-state index < -0.39 is 30.6 Å². The number of hydrogen-bond donors (Lipinski definition) is 1. The molecule has 0 bridgehead atoms. The molecule has 17 heavy (non-hydrogen) atoms. The molecule has 0 rings (SSSR count). The predicted octanol–water partition coefficient (Wildman–Crippen LogP) is 1.25. The number of carbonyl (C=O) groups excluding carboxylic acids is 1. The zero-order valence-corrected chi connectivity index (χ0v) is 9.78. The molecule has 1 N–H and O–H groups in total. The Morgan fingerprint density at radius 3 is 2.06 bits per heavy atom. The van der Waals surface area contributed by atoms with Gasteiger partial charge in [0.1, 0.15) is 6.54 Å². The van der Waals surface area contributed by atoms with Crippen LogP contribution in [0.1, 0.15) is 6.92 Å². The maximum Gasteiger partial charge on any atom is 0.406 e. The van der Waals surface area contributed by atoms with Gasteiger partial charge in [-0.05, 0) is 0 Å². The smallest absolute Gasteiger partial charge is 0.406 e. The number of halogens is 3. The van der Waals surface area contributed by atoms with Gasteiger partial charge in [-0.3, -0.25) is 4.79 Å². The molecule has 0 aliphatic carbocycles. The third-order valence-corrected chi connectivity index (χ3v) is 2.04. The first-order chi connectivity index (χ1) is 7.54. The fourth-order valence-electron chi connectivity index (χ4n) is 1.19. The summed E-state index contributed by atoms with van der Waals surface area (Å²) in [5, 5.41) is 8.61. The molecule has 2 amide bonds. The number of aliphatic carboxylic acids is 1. The summed E-state index contributed by atoms with van der Waals surface area (Å²) in [6, 6.07) is -0.865. The van der Waals surface area contributed by atoms with Gasteiger partial charge in [0.2, 0.25) is 0 Å². The van der Waals surface area contributed by atoms with Crippen molar-refractivity contribution < 1.29 is 27.9 Å². The summed E-state index contributed by atoms with van der Waals surface area (Å²) in [5.41, 5.74) is 0. The van der Waals surface area contributed by atoms with Crippen LogP contribution in [0.5, 0.6) is 0 Å². The van der Waals surface area contributed by atoms with Gasteiger partial charge >= 0.3 is 18.2 Å². The van der Waals surface area contributed by atoms with Gasteiger partial charge in [0.05, 0.1) is 5.92 Å². The number of amides is 2. The Kier molecular flexibility index (Phi) is 5.24. The summed E-state index contributed by atoms with van der Waals surface area (Å²) < 4.78 is 36.0. The molecule has 0 saturated heterocycles. The van der Waals surface area contributed by atoms with Crippen molar-refractivity contribution in [1.29, 1.82) is 0 Å². The van der Waals surface area contributed by atoms with Crippen molar-refractivity contribution in [2.45, 2.75) is 13.1 Å². The standard InChI is InChI=1S/C9H15F3N2O3/c1-6(7(15)16)4-13(2)8(17)14(3)5-9(10,11)12/h6H,4-5H2,1-3H3,(H,15,16). The largest absolute Gasteiger partial charge is 0.481 e. The fraction of sp³-hybridized carbons (Fsp3) is 0.778. The molecule has 0 aromatic rings. The summed E-state index contributed by atoms with van der Waals surface area (Å²) in [5.74, 6) is -1.94. The van der Waals surface area contributed by atoms with Gasteiger partial charge in [-0.1, -0.05) is 6.92 Å². The maximum absolute atomic E-state index is 12.0. The number of alkyl halides is 3. The molecule has 0 saturated carbocycles. The van der Waals surface area contributed by atoms with E-state index >= 15 is 0 Å². The lowest BCUT2D eigenvalue weighted by Crippen LogP contribution is -2.45. The quantitative estimate of drug-likeness (QED) is 0.823. The molecule has 0 aromatic heterocycles. The molecule has 0 spiro atoms. The maximum atomic E-state index is 12.0. The van der Waals surface area contributed by atoms with Gasteiger partial charge in [0, 0.05) is 20.6 Å². The van der Waals surface area contributed by atoms with Gasteiger partial charge < -0.3 is 14.9 Å². The van der Waals surface area contributed by atoms with Gasteiger partial charge in [0.15, 0.2) is 0 Å². The van der Waals surface area contributed by atoms with Crippen LogP contribution in [0, 0.1) is 5.92 Å². The molecule has 0 heterocycles. The SMILES string of the molecule is CC(CN(C)C(=O)N(C)CC(F)(F)F)C(=O)O. The van der Waals surface area contributed by atoms with E-state index in [0.717, 1.165) is 11.9 Å². The van der Waals surface area contributed by atoms with Crippen molar-refractivity contribution in [3.8, 4) is 0 Å².